The minimum Gasteiger partial charge on any atom is -0.452 e. The fraction of sp³-hybridized carbons (Fsp3) is 0. The lowest BCUT2D eigenvalue weighted by atomic mass is 9.88. The number of Topliss-reactive ketones (excluding diaryl/α,β-unsaturated/α-hetero) is 2. The molecular formula is C30H18O4. The topological polar surface area (TPSA) is 52.6 Å². The van der Waals surface area contributed by atoms with E-state index in [9.17, 15) is 9.59 Å². The molecule has 2 heterocycles. The van der Waals surface area contributed by atoms with Gasteiger partial charge < -0.3 is 9.47 Å². The van der Waals surface area contributed by atoms with Crippen molar-refractivity contribution in [3.8, 4) is 11.5 Å². The molecule has 6 rings (SSSR count). The van der Waals surface area contributed by atoms with Gasteiger partial charge in [0, 0.05) is 11.1 Å². The number of benzene rings is 4. The zero-order valence-corrected chi connectivity index (χ0v) is 18.0. The molecule has 0 amide bonds. The summed E-state index contributed by atoms with van der Waals surface area (Å²) in [6.07, 6.45) is 0. The molecule has 0 fully saturated rings. The first-order valence-corrected chi connectivity index (χ1v) is 11.0. The maximum atomic E-state index is 13.5. The van der Waals surface area contributed by atoms with Crippen LogP contribution in [0.3, 0.4) is 0 Å². The van der Waals surface area contributed by atoms with Gasteiger partial charge in [-0.2, -0.15) is 0 Å². The standard InChI is InChI=1S/C30H18O4/c31-27-21-15-7-9-17-23(21)33-29(27)25(19-11-3-1-4-12-19)26(20-13-5-2-6-14-20)30-28(32)22-16-8-10-18-24(22)34-30/h1-18H/b29-25+,30-26+. The van der Waals surface area contributed by atoms with Crippen LogP contribution in [0.5, 0.6) is 11.5 Å². The van der Waals surface area contributed by atoms with Crippen molar-refractivity contribution in [2.24, 2.45) is 0 Å². The van der Waals surface area contributed by atoms with Crippen LogP contribution in [0.25, 0.3) is 11.1 Å². The molecule has 0 saturated heterocycles. The van der Waals surface area contributed by atoms with E-state index in [-0.39, 0.29) is 23.1 Å². The van der Waals surface area contributed by atoms with Gasteiger partial charge in [-0.15, -0.1) is 0 Å². The molecule has 0 unspecified atom stereocenters. The van der Waals surface area contributed by atoms with E-state index in [2.05, 4.69) is 0 Å². The summed E-state index contributed by atoms with van der Waals surface area (Å²) >= 11 is 0. The van der Waals surface area contributed by atoms with Gasteiger partial charge in [-0.1, -0.05) is 84.9 Å². The number of fused-ring (bicyclic) bond motifs is 2. The van der Waals surface area contributed by atoms with Crippen molar-refractivity contribution in [2.45, 2.75) is 0 Å². The molecule has 0 atom stereocenters. The van der Waals surface area contributed by atoms with Gasteiger partial charge in [0.15, 0.2) is 11.5 Å². The van der Waals surface area contributed by atoms with Gasteiger partial charge in [0.1, 0.15) is 11.5 Å². The number of hydrogen-bond acceptors (Lipinski definition) is 4. The van der Waals surface area contributed by atoms with E-state index in [0.29, 0.717) is 33.8 Å². The average molecular weight is 442 g/mol. The Morgan fingerprint density at radius 2 is 0.794 bits per heavy atom. The van der Waals surface area contributed by atoms with Crippen molar-refractivity contribution in [2.75, 3.05) is 0 Å². The maximum absolute atomic E-state index is 13.5. The van der Waals surface area contributed by atoms with Gasteiger partial charge in [0.25, 0.3) is 0 Å². The highest BCUT2D eigenvalue weighted by atomic mass is 16.5. The van der Waals surface area contributed by atoms with E-state index in [1.807, 2.05) is 84.9 Å². The number of para-hydroxylation sites is 2. The maximum Gasteiger partial charge on any atom is 0.232 e. The predicted octanol–water partition coefficient (Wildman–Crippen LogP) is 6.36. The molecule has 0 N–H and O–H groups in total. The van der Waals surface area contributed by atoms with Crippen LogP contribution in [0.2, 0.25) is 0 Å². The van der Waals surface area contributed by atoms with E-state index in [4.69, 9.17) is 9.47 Å². The summed E-state index contributed by atoms with van der Waals surface area (Å²) in [7, 11) is 0. The summed E-state index contributed by atoms with van der Waals surface area (Å²) in [6.45, 7) is 0. The number of allylic oxidation sites excluding steroid dienone is 4. The molecular weight excluding hydrogens is 424 g/mol. The molecule has 0 spiro atoms. The van der Waals surface area contributed by atoms with Crippen LogP contribution < -0.4 is 9.47 Å². The first kappa shape index (κ1) is 19.9. The van der Waals surface area contributed by atoms with Gasteiger partial charge in [0.2, 0.25) is 11.6 Å². The van der Waals surface area contributed by atoms with Gasteiger partial charge in [-0.05, 0) is 35.4 Å². The molecule has 0 radical (unpaired) electrons. The summed E-state index contributed by atoms with van der Waals surface area (Å²) in [5.41, 5.74) is 3.51. The molecule has 4 aromatic rings. The second-order valence-corrected chi connectivity index (χ2v) is 7.99. The van der Waals surface area contributed by atoms with Gasteiger partial charge in [-0.25, -0.2) is 0 Å². The fourth-order valence-electron chi connectivity index (χ4n) is 4.36. The molecule has 2 aliphatic heterocycles. The minimum absolute atomic E-state index is 0.172. The van der Waals surface area contributed by atoms with E-state index < -0.39 is 0 Å². The number of carbonyl (C=O) groups is 2. The van der Waals surface area contributed by atoms with Crippen LogP contribution in [0, 0.1) is 0 Å². The van der Waals surface area contributed by atoms with E-state index in [1.165, 1.54) is 0 Å². The Morgan fingerprint density at radius 1 is 0.441 bits per heavy atom. The van der Waals surface area contributed by atoms with Crippen LogP contribution in [0.15, 0.2) is 121 Å². The predicted molar refractivity (Wildman–Crippen MR) is 130 cm³/mol. The third-order valence-corrected chi connectivity index (χ3v) is 5.93. The molecule has 2 aliphatic rings. The lowest BCUT2D eigenvalue weighted by Gasteiger charge is -2.17. The van der Waals surface area contributed by atoms with Gasteiger partial charge >= 0.3 is 0 Å². The number of ether oxygens (including phenoxy) is 2. The van der Waals surface area contributed by atoms with Crippen molar-refractivity contribution in [3.63, 3.8) is 0 Å². The molecule has 4 heteroatoms. The van der Waals surface area contributed by atoms with Crippen LogP contribution in [-0.2, 0) is 0 Å². The van der Waals surface area contributed by atoms with Crippen molar-refractivity contribution >= 4 is 22.7 Å². The SMILES string of the molecule is O=C1/C(=C(\C(=C2\Oc3ccccc3C2=O)c2ccccc2)c2ccccc2)Oc2ccccc21. The Hall–Kier alpha value is -4.70. The van der Waals surface area contributed by atoms with E-state index >= 15 is 0 Å². The molecule has 4 nitrogen and oxygen atoms in total. The van der Waals surface area contributed by atoms with E-state index in [0.717, 1.165) is 11.1 Å². The zero-order chi connectivity index (χ0) is 23.1. The number of rotatable bonds is 3. The average Bonchev–Trinajstić information content (AvgIpc) is 3.40. The first-order valence-electron chi connectivity index (χ1n) is 11.0. The van der Waals surface area contributed by atoms with E-state index in [1.54, 1.807) is 24.3 Å². The highest BCUT2D eigenvalue weighted by molar-refractivity contribution is 6.27. The Labute approximate surface area is 196 Å². The normalized spacial score (nSPS) is 16.9. The first-order chi connectivity index (χ1) is 16.7. The minimum atomic E-state index is -0.230. The van der Waals surface area contributed by atoms with Crippen molar-refractivity contribution in [1.29, 1.82) is 0 Å². The molecule has 0 saturated carbocycles. The third-order valence-electron chi connectivity index (χ3n) is 5.93. The summed E-state index contributed by atoms with van der Waals surface area (Å²) < 4.78 is 12.3. The summed E-state index contributed by atoms with van der Waals surface area (Å²) in [5, 5.41) is 0. The molecule has 34 heavy (non-hydrogen) atoms. The Morgan fingerprint density at radius 3 is 1.18 bits per heavy atom. The Bertz CT molecular complexity index is 1390. The fourth-order valence-corrected chi connectivity index (χ4v) is 4.36. The van der Waals surface area contributed by atoms with Crippen molar-refractivity contribution in [1.82, 2.24) is 0 Å². The monoisotopic (exact) mass is 442 g/mol. The number of hydrogen-bond donors (Lipinski definition) is 0. The molecule has 0 bridgehead atoms. The van der Waals surface area contributed by atoms with Crippen LogP contribution in [0.4, 0.5) is 0 Å². The largest absolute Gasteiger partial charge is 0.452 e. The zero-order valence-electron chi connectivity index (χ0n) is 18.0. The second kappa shape index (κ2) is 8.01. The molecule has 0 aliphatic carbocycles. The van der Waals surface area contributed by atoms with Crippen molar-refractivity contribution < 1.29 is 19.1 Å². The third kappa shape index (κ3) is 3.16. The van der Waals surface area contributed by atoms with Gasteiger partial charge in [-0.3, -0.25) is 9.59 Å². The quantitative estimate of drug-likeness (QED) is 0.347. The summed E-state index contributed by atoms with van der Waals surface area (Å²) in [4.78, 5) is 27.1. The highest BCUT2D eigenvalue weighted by Crippen LogP contribution is 2.44. The molecule has 162 valence electrons. The van der Waals surface area contributed by atoms with Gasteiger partial charge in [0.05, 0.1) is 11.1 Å². The molecule has 4 aromatic carbocycles. The Kier molecular flexibility index (Phi) is 4.70. The molecule has 0 aromatic heterocycles. The lowest BCUT2D eigenvalue weighted by Crippen LogP contribution is -2.10. The van der Waals surface area contributed by atoms with Crippen LogP contribution in [-0.4, -0.2) is 11.6 Å². The number of carbonyl (C=O) groups excluding carboxylic acids is 2. The van der Waals surface area contributed by atoms with Crippen LogP contribution in [0.1, 0.15) is 31.8 Å². The number of ketones is 2. The summed E-state index contributed by atoms with van der Waals surface area (Å²) in [5.74, 6) is 0.876. The summed E-state index contributed by atoms with van der Waals surface area (Å²) in [6, 6.07) is 33.3. The van der Waals surface area contributed by atoms with Crippen molar-refractivity contribution in [3.05, 3.63) is 143 Å². The highest BCUT2D eigenvalue weighted by Gasteiger charge is 2.37. The lowest BCUT2D eigenvalue weighted by molar-refractivity contribution is 0.100. The smallest absolute Gasteiger partial charge is 0.232 e. The Balaban J connectivity index is 1.68. The second-order valence-electron chi connectivity index (χ2n) is 7.99. The van der Waals surface area contributed by atoms with Crippen LogP contribution >= 0.6 is 0 Å².